The van der Waals surface area contributed by atoms with Crippen LogP contribution in [0.15, 0.2) is 35.7 Å². The lowest BCUT2D eigenvalue weighted by Gasteiger charge is -2.31. The fourth-order valence-corrected chi connectivity index (χ4v) is 4.00. The molecule has 1 fully saturated rings. The summed E-state index contributed by atoms with van der Waals surface area (Å²) in [7, 11) is 0. The lowest BCUT2D eigenvalue weighted by atomic mass is 9.95. The summed E-state index contributed by atoms with van der Waals surface area (Å²) in [5, 5.41) is 2.12. The van der Waals surface area contributed by atoms with Crippen molar-refractivity contribution in [1.29, 1.82) is 0 Å². The SMILES string of the molecule is O=C(c1ccc2c(c1)OCO2)N1CCC(c2cccs2)CC1. The van der Waals surface area contributed by atoms with E-state index in [-0.39, 0.29) is 12.7 Å². The van der Waals surface area contributed by atoms with Crippen molar-refractivity contribution in [2.75, 3.05) is 19.9 Å². The number of carbonyl (C=O) groups is 1. The Labute approximate surface area is 133 Å². The van der Waals surface area contributed by atoms with E-state index in [9.17, 15) is 4.79 Å². The largest absolute Gasteiger partial charge is 0.454 e. The Morgan fingerprint density at radius 3 is 2.73 bits per heavy atom. The number of likely N-dealkylation sites (tertiary alicyclic amines) is 1. The third-order valence-electron chi connectivity index (χ3n) is 4.35. The Balaban J connectivity index is 1.44. The molecule has 0 atom stereocenters. The predicted molar refractivity (Wildman–Crippen MR) is 84.8 cm³/mol. The summed E-state index contributed by atoms with van der Waals surface area (Å²) in [6, 6.07) is 9.72. The molecule has 0 N–H and O–H groups in total. The normalized spacial score (nSPS) is 17.7. The van der Waals surface area contributed by atoms with E-state index in [1.807, 2.05) is 28.4 Å². The maximum Gasteiger partial charge on any atom is 0.253 e. The molecule has 4 nitrogen and oxygen atoms in total. The molecule has 4 rings (SSSR count). The molecular weight excluding hydrogens is 298 g/mol. The molecule has 5 heteroatoms. The molecule has 0 spiro atoms. The summed E-state index contributed by atoms with van der Waals surface area (Å²) in [4.78, 5) is 16.0. The van der Waals surface area contributed by atoms with Crippen molar-refractivity contribution < 1.29 is 14.3 Å². The molecule has 1 aromatic heterocycles. The average Bonchev–Trinajstić information content (AvgIpc) is 3.25. The van der Waals surface area contributed by atoms with Crippen LogP contribution in [0.4, 0.5) is 0 Å². The number of hydrogen-bond donors (Lipinski definition) is 0. The second-order valence-electron chi connectivity index (χ2n) is 5.65. The Morgan fingerprint density at radius 2 is 1.95 bits per heavy atom. The molecule has 0 aliphatic carbocycles. The highest BCUT2D eigenvalue weighted by molar-refractivity contribution is 7.10. The molecule has 3 heterocycles. The number of amides is 1. The van der Waals surface area contributed by atoms with Gasteiger partial charge in [-0.15, -0.1) is 11.3 Å². The molecule has 2 aliphatic rings. The van der Waals surface area contributed by atoms with Crippen molar-refractivity contribution in [3.8, 4) is 11.5 Å². The van der Waals surface area contributed by atoms with Crippen molar-refractivity contribution in [3.05, 3.63) is 46.2 Å². The number of rotatable bonds is 2. The zero-order valence-corrected chi connectivity index (χ0v) is 13.0. The molecule has 2 aromatic rings. The number of fused-ring (bicyclic) bond motifs is 1. The summed E-state index contributed by atoms with van der Waals surface area (Å²) < 4.78 is 10.6. The van der Waals surface area contributed by atoms with Crippen LogP contribution in [0.2, 0.25) is 0 Å². The van der Waals surface area contributed by atoms with Gasteiger partial charge in [0.2, 0.25) is 6.79 Å². The molecule has 0 radical (unpaired) electrons. The van der Waals surface area contributed by atoms with Gasteiger partial charge in [0.1, 0.15) is 0 Å². The van der Waals surface area contributed by atoms with Crippen LogP contribution < -0.4 is 9.47 Å². The van der Waals surface area contributed by atoms with E-state index >= 15 is 0 Å². The van der Waals surface area contributed by atoms with Crippen molar-refractivity contribution >= 4 is 17.2 Å². The van der Waals surface area contributed by atoms with E-state index < -0.39 is 0 Å². The Bertz CT molecular complexity index is 675. The van der Waals surface area contributed by atoms with Crippen molar-refractivity contribution in [3.63, 3.8) is 0 Å². The van der Waals surface area contributed by atoms with Crippen molar-refractivity contribution in [1.82, 2.24) is 4.90 Å². The summed E-state index contributed by atoms with van der Waals surface area (Å²) >= 11 is 1.82. The molecule has 0 saturated carbocycles. The van der Waals surface area contributed by atoms with Crippen LogP contribution in [0.1, 0.15) is 34.0 Å². The van der Waals surface area contributed by atoms with Gasteiger partial charge in [0, 0.05) is 23.5 Å². The van der Waals surface area contributed by atoms with Crippen LogP contribution >= 0.6 is 11.3 Å². The van der Waals surface area contributed by atoms with E-state index in [0.717, 1.165) is 25.9 Å². The minimum atomic E-state index is 0.0860. The summed E-state index contributed by atoms with van der Waals surface area (Å²) in [5.74, 6) is 2.07. The number of piperidine rings is 1. The first-order valence-electron chi connectivity index (χ1n) is 7.53. The average molecular weight is 315 g/mol. The third-order valence-corrected chi connectivity index (χ3v) is 5.38. The number of nitrogens with zero attached hydrogens (tertiary/aromatic N) is 1. The molecular formula is C17H17NO3S. The summed E-state index contributed by atoms with van der Waals surface area (Å²) in [5.41, 5.74) is 0.679. The van der Waals surface area contributed by atoms with Crippen LogP contribution in [0.3, 0.4) is 0 Å². The first kappa shape index (κ1) is 13.6. The van der Waals surface area contributed by atoms with E-state index in [4.69, 9.17) is 9.47 Å². The zero-order valence-electron chi connectivity index (χ0n) is 12.2. The Kier molecular flexibility index (Phi) is 3.50. The van der Waals surface area contributed by atoms with Crippen LogP contribution in [-0.4, -0.2) is 30.7 Å². The maximum absolute atomic E-state index is 12.6. The highest BCUT2D eigenvalue weighted by Crippen LogP contribution is 2.34. The number of ether oxygens (including phenoxy) is 2. The van der Waals surface area contributed by atoms with Gasteiger partial charge in [0.15, 0.2) is 11.5 Å². The van der Waals surface area contributed by atoms with E-state index in [1.165, 1.54) is 4.88 Å². The fourth-order valence-electron chi connectivity index (χ4n) is 3.10. The fraction of sp³-hybridized carbons (Fsp3) is 0.353. The van der Waals surface area contributed by atoms with Crippen molar-refractivity contribution in [2.45, 2.75) is 18.8 Å². The van der Waals surface area contributed by atoms with Gasteiger partial charge in [-0.25, -0.2) is 0 Å². The monoisotopic (exact) mass is 315 g/mol. The lowest BCUT2D eigenvalue weighted by molar-refractivity contribution is 0.0713. The van der Waals surface area contributed by atoms with Crippen LogP contribution in [0.5, 0.6) is 11.5 Å². The van der Waals surface area contributed by atoms with Gasteiger partial charge in [-0.05, 0) is 48.4 Å². The molecule has 2 aliphatic heterocycles. The second kappa shape index (κ2) is 5.65. The third kappa shape index (κ3) is 2.46. The van der Waals surface area contributed by atoms with Crippen LogP contribution in [0.25, 0.3) is 0 Å². The molecule has 0 unspecified atom stereocenters. The minimum absolute atomic E-state index is 0.0860. The van der Waals surface area contributed by atoms with Crippen molar-refractivity contribution in [2.24, 2.45) is 0 Å². The molecule has 0 bridgehead atoms. The number of benzene rings is 1. The minimum Gasteiger partial charge on any atom is -0.454 e. The van der Waals surface area contributed by atoms with Gasteiger partial charge < -0.3 is 14.4 Å². The molecule has 114 valence electrons. The van der Waals surface area contributed by atoms with Gasteiger partial charge in [-0.3, -0.25) is 4.79 Å². The van der Waals surface area contributed by atoms with Gasteiger partial charge in [-0.1, -0.05) is 6.07 Å². The standard InChI is InChI=1S/C17H17NO3S/c19-17(13-3-4-14-15(10-13)21-11-20-14)18-7-5-12(6-8-18)16-2-1-9-22-16/h1-4,9-10,12H,5-8,11H2. The molecule has 1 aromatic carbocycles. The van der Waals surface area contributed by atoms with Gasteiger partial charge in [-0.2, -0.15) is 0 Å². The zero-order chi connectivity index (χ0) is 14.9. The molecule has 22 heavy (non-hydrogen) atoms. The number of thiophene rings is 1. The van der Waals surface area contributed by atoms with Gasteiger partial charge in [0.25, 0.3) is 5.91 Å². The first-order chi connectivity index (χ1) is 10.8. The quantitative estimate of drug-likeness (QED) is 0.851. The maximum atomic E-state index is 12.6. The van der Waals surface area contributed by atoms with E-state index in [2.05, 4.69) is 17.5 Å². The second-order valence-corrected chi connectivity index (χ2v) is 6.63. The van der Waals surface area contributed by atoms with Crippen LogP contribution in [-0.2, 0) is 0 Å². The Hall–Kier alpha value is -2.01. The van der Waals surface area contributed by atoms with Gasteiger partial charge in [0.05, 0.1) is 0 Å². The summed E-state index contributed by atoms with van der Waals surface area (Å²) in [6.07, 6.45) is 2.08. The molecule has 1 saturated heterocycles. The first-order valence-corrected chi connectivity index (χ1v) is 8.41. The highest BCUT2D eigenvalue weighted by Gasteiger charge is 2.26. The topological polar surface area (TPSA) is 38.8 Å². The number of carbonyl (C=O) groups excluding carboxylic acids is 1. The predicted octanol–water partition coefficient (Wildman–Crippen LogP) is 3.50. The van der Waals surface area contributed by atoms with Gasteiger partial charge >= 0.3 is 0 Å². The van der Waals surface area contributed by atoms with Crippen LogP contribution in [0, 0.1) is 0 Å². The highest BCUT2D eigenvalue weighted by atomic mass is 32.1. The smallest absolute Gasteiger partial charge is 0.253 e. The number of hydrogen-bond acceptors (Lipinski definition) is 4. The lowest BCUT2D eigenvalue weighted by Crippen LogP contribution is -2.37. The van der Waals surface area contributed by atoms with E-state index in [0.29, 0.717) is 23.0 Å². The summed E-state index contributed by atoms with van der Waals surface area (Å²) in [6.45, 7) is 1.87. The Morgan fingerprint density at radius 1 is 1.14 bits per heavy atom. The van der Waals surface area contributed by atoms with E-state index in [1.54, 1.807) is 6.07 Å². The molecule has 1 amide bonds.